The fourth-order valence-corrected chi connectivity index (χ4v) is 0. The molecule has 0 aromatic heterocycles. The predicted octanol–water partition coefficient (Wildman–Crippen LogP) is -2.11. The number of hydrogen-bond acceptors (Lipinski definition) is 2. The van der Waals surface area contributed by atoms with Crippen molar-refractivity contribution in [2.24, 2.45) is 0 Å². The molecule has 0 bridgehead atoms. The summed E-state index contributed by atoms with van der Waals surface area (Å²) in [7, 11) is 0. The minimum Gasteiger partial charge on any atom is 0 e. The van der Waals surface area contributed by atoms with Crippen LogP contribution in [0.2, 0.25) is 0 Å². The van der Waals surface area contributed by atoms with Gasteiger partial charge >= 0.3 is 29.4 Å². The SMILES string of the molecule is O=[Se](=O)(O)O.[Mg]. The summed E-state index contributed by atoms with van der Waals surface area (Å²) in [5.41, 5.74) is 0. The third-order valence-electron chi connectivity index (χ3n) is 0. The van der Waals surface area contributed by atoms with Gasteiger partial charge in [0.15, 0.2) is 0 Å². The van der Waals surface area contributed by atoms with Crippen LogP contribution < -0.4 is 0 Å². The van der Waals surface area contributed by atoms with E-state index in [0.29, 0.717) is 0 Å². The molecule has 0 saturated heterocycles. The van der Waals surface area contributed by atoms with E-state index in [0.717, 1.165) is 0 Å². The van der Waals surface area contributed by atoms with Crippen molar-refractivity contribution < 1.29 is 16.0 Å². The van der Waals surface area contributed by atoms with Crippen LogP contribution >= 0.6 is 0 Å². The minimum absolute atomic E-state index is 0. The van der Waals surface area contributed by atoms with Gasteiger partial charge in [0.2, 0.25) is 0 Å². The Bertz CT molecular complexity index is 90.7. The molecule has 4 nitrogen and oxygen atoms in total. The van der Waals surface area contributed by atoms with Crippen LogP contribution in [0, 0.1) is 0 Å². The first-order valence-corrected chi connectivity index (χ1v) is 3.63. The van der Waals surface area contributed by atoms with Gasteiger partial charge in [0, 0.05) is 23.1 Å². The Labute approximate surface area is 52.6 Å². The van der Waals surface area contributed by atoms with Crippen molar-refractivity contribution in [3.8, 4) is 0 Å². The first kappa shape index (κ1) is 9.93. The van der Waals surface area contributed by atoms with Crippen molar-refractivity contribution in [3.05, 3.63) is 0 Å². The van der Waals surface area contributed by atoms with Gasteiger partial charge in [-0.05, 0) is 0 Å². The molecule has 0 heterocycles. The van der Waals surface area contributed by atoms with E-state index in [1.165, 1.54) is 0 Å². The van der Waals surface area contributed by atoms with Gasteiger partial charge in [-0.15, -0.1) is 0 Å². The van der Waals surface area contributed by atoms with Crippen molar-refractivity contribution in [1.82, 2.24) is 0 Å². The van der Waals surface area contributed by atoms with Crippen LogP contribution in [0.15, 0.2) is 0 Å². The zero-order chi connectivity index (χ0) is 4.50. The van der Waals surface area contributed by atoms with Gasteiger partial charge in [0.25, 0.3) is 0 Å². The standard InChI is InChI=1S/Mg.H2O4Se/c;1-5(2,3)4/h;(H2,1,2,3,4). The van der Waals surface area contributed by atoms with Crippen LogP contribution in [0.1, 0.15) is 0 Å². The summed E-state index contributed by atoms with van der Waals surface area (Å²) in [5, 5.41) is 0. The first-order chi connectivity index (χ1) is 2.00. The van der Waals surface area contributed by atoms with Crippen LogP contribution in [0.4, 0.5) is 0 Å². The van der Waals surface area contributed by atoms with E-state index < -0.39 is 13.4 Å². The van der Waals surface area contributed by atoms with Gasteiger partial charge in [0.05, 0.1) is 0 Å². The third-order valence-corrected chi connectivity index (χ3v) is 0. The van der Waals surface area contributed by atoms with E-state index >= 15 is 0 Å². The zero-order valence-corrected chi connectivity index (χ0v) is 5.95. The molecule has 34 valence electrons. The number of hydrogen-bond donors (Lipinski definition) is 2. The molecule has 0 fully saturated rings. The quantitative estimate of drug-likeness (QED) is 0.407. The molecule has 0 rings (SSSR count). The summed E-state index contributed by atoms with van der Waals surface area (Å²) in [5.74, 6) is 0. The van der Waals surface area contributed by atoms with Gasteiger partial charge in [-0.3, -0.25) is 0 Å². The van der Waals surface area contributed by atoms with E-state index in [9.17, 15) is 0 Å². The van der Waals surface area contributed by atoms with Crippen molar-refractivity contribution in [2.45, 2.75) is 0 Å². The predicted molar refractivity (Wildman–Crippen MR) is 17.3 cm³/mol. The van der Waals surface area contributed by atoms with E-state index in [1.807, 2.05) is 0 Å². The topological polar surface area (TPSA) is 74.6 Å². The molecular weight excluding hydrogens is 167 g/mol. The maximum Gasteiger partial charge on any atom is 0 e. The van der Waals surface area contributed by atoms with Gasteiger partial charge < -0.3 is 0 Å². The fourth-order valence-electron chi connectivity index (χ4n) is 0. The molecule has 2 N–H and O–H groups in total. The second-order valence-electron chi connectivity index (χ2n) is 0.448. The fraction of sp³-hybridized carbons (Fsp3) is 0. The smallest absolute Gasteiger partial charge is 0 e. The maximum atomic E-state index is 8.82. The van der Waals surface area contributed by atoms with Crippen LogP contribution in [0.5, 0.6) is 0 Å². The molecular formula is H2MgO4Se. The molecule has 0 aromatic carbocycles. The van der Waals surface area contributed by atoms with Crippen molar-refractivity contribution in [2.75, 3.05) is 0 Å². The second kappa shape index (κ2) is 2.89. The Morgan fingerprint density at radius 2 is 1.17 bits per heavy atom. The molecule has 0 aliphatic heterocycles. The Hall–Kier alpha value is 0.806. The summed E-state index contributed by atoms with van der Waals surface area (Å²) >= 11 is -5.25. The molecule has 6 heteroatoms. The third kappa shape index (κ3) is 107. The largest absolute Gasteiger partial charge is 0 e. The summed E-state index contributed by atoms with van der Waals surface area (Å²) in [6.45, 7) is 0. The van der Waals surface area contributed by atoms with Gasteiger partial charge in [-0.25, -0.2) is 0 Å². The number of rotatable bonds is 0. The molecule has 0 amide bonds. The van der Waals surface area contributed by atoms with Crippen LogP contribution in [0.25, 0.3) is 0 Å². The average Bonchev–Trinajstić information content (AvgIpc) is 0.722. The van der Waals surface area contributed by atoms with Crippen molar-refractivity contribution >= 4 is 36.4 Å². The molecule has 0 atom stereocenters. The first-order valence-electron chi connectivity index (χ1n) is 0.698. The van der Waals surface area contributed by atoms with E-state index in [4.69, 9.17) is 16.0 Å². The zero-order valence-electron chi connectivity index (χ0n) is 2.83. The summed E-state index contributed by atoms with van der Waals surface area (Å²) in [6.07, 6.45) is 0. The maximum absolute atomic E-state index is 8.82. The van der Waals surface area contributed by atoms with Crippen LogP contribution in [-0.4, -0.2) is 44.8 Å². The van der Waals surface area contributed by atoms with Crippen molar-refractivity contribution in [3.63, 3.8) is 0 Å². The Balaban J connectivity index is 0. The average molecular weight is 169 g/mol. The summed E-state index contributed by atoms with van der Waals surface area (Å²) in [6, 6.07) is 0. The van der Waals surface area contributed by atoms with Gasteiger partial charge in [0.1, 0.15) is 0 Å². The van der Waals surface area contributed by atoms with Crippen LogP contribution in [-0.2, 0) is 7.67 Å². The minimum atomic E-state index is -5.25. The second-order valence-corrected chi connectivity index (χ2v) is 2.33. The molecule has 6 heavy (non-hydrogen) atoms. The molecule has 0 saturated carbocycles. The van der Waals surface area contributed by atoms with E-state index in [-0.39, 0.29) is 23.1 Å². The molecule has 0 aliphatic carbocycles. The van der Waals surface area contributed by atoms with Crippen LogP contribution in [0.3, 0.4) is 0 Å². The monoisotopic (exact) mass is 170 g/mol. The summed E-state index contributed by atoms with van der Waals surface area (Å²) < 4.78 is 31.9. The van der Waals surface area contributed by atoms with Gasteiger partial charge in [-0.1, -0.05) is 0 Å². The van der Waals surface area contributed by atoms with Gasteiger partial charge in [-0.2, -0.15) is 0 Å². The van der Waals surface area contributed by atoms with E-state index in [1.54, 1.807) is 0 Å². The van der Waals surface area contributed by atoms with Crippen molar-refractivity contribution in [1.29, 1.82) is 0 Å². The van der Waals surface area contributed by atoms with E-state index in [2.05, 4.69) is 0 Å². The Kier molecular flexibility index (Phi) is 4.79. The molecule has 0 aromatic rings. The molecule has 0 spiro atoms. The Morgan fingerprint density at radius 1 is 1.17 bits per heavy atom. The Morgan fingerprint density at radius 3 is 1.17 bits per heavy atom. The summed E-state index contributed by atoms with van der Waals surface area (Å²) in [4.78, 5) is 0. The molecule has 0 unspecified atom stereocenters. The normalized spacial score (nSPS) is 9.67. The molecule has 2 radical (unpaired) electrons. The molecule has 0 aliphatic rings.